The zero-order chi connectivity index (χ0) is 18.6. The van der Waals surface area contributed by atoms with Crippen molar-refractivity contribution in [2.45, 2.75) is 31.0 Å². The molecule has 0 unspecified atom stereocenters. The van der Waals surface area contributed by atoms with Crippen molar-refractivity contribution < 1.29 is 4.79 Å². The molecule has 0 bridgehead atoms. The summed E-state index contributed by atoms with van der Waals surface area (Å²) in [5.41, 5.74) is 8.82. The molecule has 0 aliphatic heterocycles. The maximum atomic E-state index is 12.5. The number of nitrogens with one attached hydrogen (secondary N) is 1. The number of thioether (sulfide) groups is 1. The number of hydrogen-bond acceptors (Lipinski definition) is 6. The van der Waals surface area contributed by atoms with E-state index in [0.717, 1.165) is 28.6 Å². The second kappa shape index (κ2) is 7.69. The van der Waals surface area contributed by atoms with Crippen LogP contribution in [0, 0.1) is 36.5 Å². The van der Waals surface area contributed by atoms with E-state index < -0.39 is 5.25 Å². The zero-order valence-corrected chi connectivity index (χ0v) is 14.9. The number of nitriles is 2. The Morgan fingerprint density at radius 3 is 2.40 bits per heavy atom. The summed E-state index contributed by atoms with van der Waals surface area (Å²) in [6, 6.07) is 11.1. The molecule has 1 aromatic heterocycles. The molecule has 2 aromatic rings. The number of benzene rings is 1. The van der Waals surface area contributed by atoms with Crippen LogP contribution in [0.1, 0.15) is 29.2 Å². The molecule has 1 aromatic carbocycles. The normalized spacial score (nSPS) is 11.2. The van der Waals surface area contributed by atoms with Gasteiger partial charge in [0.25, 0.3) is 0 Å². The molecule has 7 heteroatoms. The van der Waals surface area contributed by atoms with Crippen LogP contribution in [0.25, 0.3) is 0 Å². The minimum Gasteiger partial charge on any atom is -0.383 e. The van der Waals surface area contributed by atoms with Crippen LogP contribution in [-0.2, 0) is 4.79 Å². The number of amides is 1. The number of nitrogen functional groups attached to an aromatic ring is 1. The highest BCUT2D eigenvalue weighted by Gasteiger charge is 2.20. The van der Waals surface area contributed by atoms with Gasteiger partial charge in [-0.2, -0.15) is 10.5 Å². The smallest absolute Gasteiger partial charge is 0.237 e. The van der Waals surface area contributed by atoms with E-state index in [-0.39, 0.29) is 22.9 Å². The number of carbonyl (C=O) groups is 1. The summed E-state index contributed by atoms with van der Waals surface area (Å²) >= 11 is 1.13. The summed E-state index contributed by atoms with van der Waals surface area (Å²) in [6.45, 7) is 5.58. The third-order valence-electron chi connectivity index (χ3n) is 3.64. The van der Waals surface area contributed by atoms with Crippen molar-refractivity contribution in [3.05, 3.63) is 46.5 Å². The highest BCUT2D eigenvalue weighted by molar-refractivity contribution is 8.00. The largest absolute Gasteiger partial charge is 0.383 e. The van der Waals surface area contributed by atoms with Crippen LogP contribution in [0.3, 0.4) is 0 Å². The predicted molar refractivity (Wildman–Crippen MR) is 97.9 cm³/mol. The van der Waals surface area contributed by atoms with E-state index in [9.17, 15) is 10.1 Å². The third kappa shape index (κ3) is 4.09. The van der Waals surface area contributed by atoms with Gasteiger partial charge in [0.2, 0.25) is 5.91 Å². The first-order valence-corrected chi connectivity index (χ1v) is 8.39. The molecule has 6 nitrogen and oxygen atoms in total. The van der Waals surface area contributed by atoms with Crippen LogP contribution in [0.5, 0.6) is 0 Å². The number of aryl methyl sites for hydroxylation is 2. The van der Waals surface area contributed by atoms with E-state index in [4.69, 9.17) is 11.0 Å². The molecule has 0 fully saturated rings. The fourth-order valence-corrected chi connectivity index (χ4v) is 3.11. The van der Waals surface area contributed by atoms with Gasteiger partial charge >= 0.3 is 0 Å². The Bertz CT molecular complexity index is 891. The Hall–Kier alpha value is -3.03. The molecule has 1 atom stereocenters. The number of aromatic nitrogens is 1. The Labute approximate surface area is 150 Å². The molecule has 0 saturated carbocycles. The quantitative estimate of drug-likeness (QED) is 0.818. The molecule has 3 N–H and O–H groups in total. The van der Waals surface area contributed by atoms with Gasteiger partial charge in [-0.1, -0.05) is 30.0 Å². The van der Waals surface area contributed by atoms with Crippen molar-refractivity contribution in [2.24, 2.45) is 0 Å². The Morgan fingerprint density at radius 1 is 1.24 bits per heavy atom. The minimum absolute atomic E-state index is 0.0476. The number of rotatable bonds is 4. The lowest BCUT2D eigenvalue weighted by Crippen LogP contribution is -2.23. The topological polar surface area (TPSA) is 116 Å². The average molecular weight is 351 g/mol. The first kappa shape index (κ1) is 18.3. The second-order valence-electron chi connectivity index (χ2n) is 5.51. The summed E-state index contributed by atoms with van der Waals surface area (Å²) in [4.78, 5) is 16.6. The monoisotopic (exact) mass is 351 g/mol. The van der Waals surface area contributed by atoms with E-state index in [2.05, 4.69) is 10.3 Å². The molecule has 25 heavy (non-hydrogen) atoms. The maximum absolute atomic E-state index is 12.5. The summed E-state index contributed by atoms with van der Waals surface area (Å²) in [7, 11) is 0. The summed E-state index contributed by atoms with van der Waals surface area (Å²) < 4.78 is 0. The van der Waals surface area contributed by atoms with Gasteiger partial charge in [-0.3, -0.25) is 4.79 Å². The van der Waals surface area contributed by atoms with Crippen LogP contribution in [0.2, 0.25) is 0 Å². The van der Waals surface area contributed by atoms with Gasteiger partial charge in [-0.25, -0.2) is 4.98 Å². The first-order valence-electron chi connectivity index (χ1n) is 7.51. The number of pyridine rings is 1. The van der Waals surface area contributed by atoms with E-state index in [1.165, 1.54) is 6.07 Å². The standard InChI is InChI=1S/C18H17N5OS/c1-10-5-4-6-11(2)15(10)22-17(24)12(3)25-18-14(9-20)7-13(8-19)16(21)23-18/h4-7,12H,1-3H3,(H2,21,23)(H,22,24)/t12-/m1/s1. The molecule has 0 aliphatic rings. The fourth-order valence-electron chi connectivity index (χ4n) is 2.23. The molecule has 0 radical (unpaired) electrons. The van der Waals surface area contributed by atoms with Crippen molar-refractivity contribution in [2.75, 3.05) is 11.1 Å². The highest BCUT2D eigenvalue weighted by Crippen LogP contribution is 2.29. The SMILES string of the molecule is Cc1cccc(C)c1NC(=O)[C@@H](C)Sc1nc(N)c(C#N)cc1C#N. The zero-order valence-electron chi connectivity index (χ0n) is 14.1. The number of nitrogens with two attached hydrogens (primary N) is 1. The van der Waals surface area contributed by atoms with Gasteiger partial charge < -0.3 is 11.1 Å². The van der Waals surface area contributed by atoms with Crippen LogP contribution in [0.4, 0.5) is 11.5 Å². The van der Waals surface area contributed by atoms with E-state index in [1.807, 2.05) is 44.2 Å². The number of anilines is 2. The van der Waals surface area contributed by atoms with Crippen molar-refractivity contribution in [3.8, 4) is 12.1 Å². The van der Waals surface area contributed by atoms with Crippen LogP contribution in [0.15, 0.2) is 29.3 Å². The second-order valence-corrected chi connectivity index (χ2v) is 6.84. The number of hydrogen-bond donors (Lipinski definition) is 2. The number of nitrogens with zero attached hydrogens (tertiary/aromatic N) is 3. The Morgan fingerprint density at radius 2 is 1.84 bits per heavy atom. The van der Waals surface area contributed by atoms with Gasteiger partial charge in [0.15, 0.2) is 0 Å². The Balaban J connectivity index is 2.21. The van der Waals surface area contributed by atoms with Gasteiger partial charge in [0, 0.05) is 5.69 Å². The summed E-state index contributed by atoms with van der Waals surface area (Å²) in [5.74, 6) is -0.151. The molecular formula is C18H17N5OS. The molecule has 126 valence electrons. The molecule has 0 spiro atoms. The van der Waals surface area contributed by atoms with Crippen molar-refractivity contribution in [1.82, 2.24) is 4.98 Å². The van der Waals surface area contributed by atoms with Crippen molar-refractivity contribution >= 4 is 29.2 Å². The summed E-state index contributed by atoms with van der Waals surface area (Å²) in [5, 5.41) is 21.0. The van der Waals surface area contributed by atoms with Crippen LogP contribution in [-0.4, -0.2) is 16.1 Å². The van der Waals surface area contributed by atoms with Gasteiger partial charge in [-0.15, -0.1) is 0 Å². The van der Waals surface area contributed by atoms with Gasteiger partial charge in [0.05, 0.1) is 16.4 Å². The molecular weight excluding hydrogens is 334 g/mol. The van der Waals surface area contributed by atoms with Crippen LogP contribution < -0.4 is 11.1 Å². The average Bonchev–Trinajstić information content (AvgIpc) is 2.58. The van der Waals surface area contributed by atoms with E-state index in [1.54, 1.807) is 6.92 Å². The Kier molecular flexibility index (Phi) is 5.63. The lowest BCUT2D eigenvalue weighted by molar-refractivity contribution is -0.115. The maximum Gasteiger partial charge on any atom is 0.237 e. The molecule has 0 saturated heterocycles. The molecule has 1 amide bonds. The van der Waals surface area contributed by atoms with Crippen molar-refractivity contribution in [3.63, 3.8) is 0 Å². The minimum atomic E-state index is -0.494. The predicted octanol–water partition coefficient (Wildman–Crippen LogP) is 3.14. The molecule has 1 heterocycles. The van der Waals surface area contributed by atoms with Crippen LogP contribution >= 0.6 is 11.8 Å². The lowest BCUT2D eigenvalue weighted by atomic mass is 10.1. The first-order chi connectivity index (χ1) is 11.9. The van der Waals surface area contributed by atoms with Crippen molar-refractivity contribution in [1.29, 1.82) is 10.5 Å². The van der Waals surface area contributed by atoms with E-state index >= 15 is 0 Å². The number of para-hydroxylation sites is 1. The van der Waals surface area contributed by atoms with E-state index in [0.29, 0.717) is 5.03 Å². The lowest BCUT2D eigenvalue weighted by Gasteiger charge is -2.15. The fraction of sp³-hybridized carbons (Fsp3) is 0.222. The molecule has 2 rings (SSSR count). The highest BCUT2D eigenvalue weighted by atomic mass is 32.2. The van der Waals surface area contributed by atoms with Gasteiger partial charge in [-0.05, 0) is 38.0 Å². The third-order valence-corrected chi connectivity index (χ3v) is 4.75. The number of carbonyl (C=O) groups excluding carboxylic acids is 1. The van der Waals surface area contributed by atoms with Gasteiger partial charge in [0.1, 0.15) is 23.0 Å². The summed E-state index contributed by atoms with van der Waals surface area (Å²) in [6.07, 6.45) is 0. The molecule has 0 aliphatic carbocycles.